The zero-order chi connectivity index (χ0) is 13.1. The molecule has 0 aliphatic heterocycles. The van der Waals surface area contributed by atoms with E-state index in [0.29, 0.717) is 5.56 Å². The van der Waals surface area contributed by atoms with Gasteiger partial charge in [-0.25, -0.2) is 4.39 Å². The van der Waals surface area contributed by atoms with Gasteiger partial charge in [-0.3, -0.25) is 4.79 Å². The molecule has 1 aromatic rings. The van der Waals surface area contributed by atoms with E-state index in [1.165, 1.54) is 24.6 Å². The number of carboxylic acid groups (broad SMARTS) is 1. The molecular weight excluding hydrogens is 255 g/mol. The molecule has 0 radical (unpaired) electrons. The van der Waals surface area contributed by atoms with Crippen molar-refractivity contribution >= 4 is 17.6 Å². The molecule has 1 unspecified atom stereocenters. The van der Waals surface area contributed by atoms with Crippen LogP contribution in [0.5, 0.6) is 0 Å². The molecule has 1 fully saturated rings. The highest BCUT2D eigenvalue weighted by Gasteiger charge is 2.32. The van der Waals surface area contributed by atoms with Gasteiger partial charge in [0.15, 0.2) is 0 Å². The van der Waals surface area contributed by atoms with Crippen LogP contribution in [0.1, 0.15) is 43.6 Å². The molecule has 1 aromatic carbocycles. The summed E-state index contributed by atoms with van der Waals surface area (Å²) in [6.07, 6.45) is 5.11. The number of rotatable bonds is 3. The Morgan fingerprint density at radius 1 is 1.33 bits per heavy atom. The molecule has 0 aromatic heterocycles. The molecule has 2 rings (SSSR count). The van der Waals surface area contributed by atoms with E-state index < -0.39 is 17.7 Å². The van der Waals surface area contributed by atoms with Crippen LogP contribution in [0.2, 0.25) is 5.02 Å². The first-order valence-corrected chi connectivity index (χ1v) is 6.65. The molecule has 0 saturated heterocycles. The van der Waals surface area contributed by atoms with E-state index >= 15 is 0 Å². The Kier molecular flexibility index (Phi) is 4.23. The standard InChI is InChI=1S/C14H16ClFO2/c15-12-8-10(16)6-7-11(12)13(14(17)18)9-4-2-1-3-5-9/h6-9,13H,1-5H2,(H,17,18). The lowest BCUT2D eigenvalue weighted by Gasteiger charge is -2.28. The van der Waals surface area contributed by atoms with E-state index in [4.69, 9.17) is 11.6 Å². The molecule has 0 bridgehead atoms. The van der Waals surface area contributed by atoms with Gasteiger partial charge in [0.1, 0.15) is 5.82 Å². The van der Waals surface area contributed by atoms with Gasteiger partial charge < -0.3 is 5.11 Å². The average Bonchev–Trinajstić information content (AvgIpc) is 2.33. The second-order valence-corrected chi connectivity index (χ2v) is 5.29. The summed E-state index contributed by atoms with van der Waals surface area (Å²) in [6, 6.07) is 3.97. The van der Waals surface area contributed by atoms with Crippen molar-refractivity contribution in [2.45, 2.75) is 38.0 Å². The fourth-order valence-corrected chi connectivity index (χ4v) is 3.09. The van der Waals surface area contributed by atoms with Crippen LogP contribution >= 0.6 is 11.6 Å². The Balaban J connectivity index is 2.31. The van der Waals surface area contributed by atoms with Gasteiger partial charge >= 0.3 is 5.97 Å². The van der Waals surface area contributed by atoms with Crippen LogP contribution in [0.3, 0.4) is 0 Å². The van der Waals surface area contributed by atoms with Gasteiger partial charge in [0.25, 0.3) is 0 Å². The van der Waals surface area contributed by atoms with Crippen LogP contribution in [0.25, 0.3) is 0 Å². The van der Waals surface area contributed by atoms with Gasteiger partial charge in [-0.15, -0.1) is 0 Å². The Hall–Kier alpha value is -1.09. The predicted molar refractivity (Wildman–Crippen MR) is 68.4 cm³/mol. The smallest absolute Gasteiger partial charge is 0.311 e. The molecule has 4 heteroatoms. The Morgan fingerprint density at radius 3 is 2.56 bits per heavy atom. The molecule has 1 saturated carbocycles. The van der Waals surface area contributed by atoms with Crippen LogP contribution < -0.4 is 0 Å². The van der Waals surface area contributed by atoms with Crippen molar-refractivity contribution in [3.05, 3.63) is 34.6 Å². The van der Waals surface area contributed by atoms with Crippen LogP contribution in [-0.2, 0) is 4.79 Å². The number of carboxylic acids is 1. The van der Waals surface area contributed by atoms with Crippen molar-refractivity contribution in [1.29, 1.82) is 0 Å². The third-order valence-corrected chi connectivity index (χ3v) is 4.01. The fourth-order valence-electron chi connectivity index (χ4n) is 2.81. The summed E-state index contributed by atoms with van der Waals surface area (Å²) in [6.45, 7) is 0. The largest absolute Gasteiger partial charge is 0.481 e. The second kappa shape index (κ2) is 5.70. The van der Waals surface area contributed by atoms with Crippen LogP contribution in [0, 0.1) is 11.7 Å². The highest BCUT2D eigenvalue weighted by Crippen LogP contribution is 2.38. The first-order chi connectivity index (χ1) is 8.59. The second-order valence-electron chi connectivity index (χ2n) is 4.88. The molecule has 1 atom stereocenters. The number of hydrogen-bond acceptors (Lipinski definition) is 1. The first-order valence-electron chi connectivity index (χ1n) is 6.27. The maximum atomic E-state index is 13.0. The third kappa shape index (κ3) is 2.83. The van der Waals surface area contributed by atoms with Gasteiger partial charge in [-0.1, -0.05) is 36.9 Å². The summed E-state index contributed by atoms with van der Waals surface area (Å²) in [7, 11) is 0. The van der Waals surface area contributed by atoms with E-state index in [9.17, 15) is 14.3 Å². The average molecular weight is 271 g/mol. The molecular formula is C14H16ClFO2. The van der Waals surface area contributed by atoms with Gasteiger partial charge in [0, 0.05) is 5.02 Å². The van der Waals surface area contributed by atoms with Crippen molar-refractivity contribution in [3.8, 4) is 0 Å². The van der Waals surface area contributed by atoms with Crippen molar-refractivity contribution in [2.24, 2.45) is 5.92 Å². The quantitative estimate of drug-likeness (QED) is 0.892. The topological polar surface area (TPSA) is 37.3 Å². The van der Waals surface area contributed by atoms with Gasteiger partial charge in [0.2, 0.25) is 0 Å². The number of halogens is 2. The monoisotopic (exact) mass is 270 g/mol. The molecule has 0 amide bonds. The van der Waals surface area contributed by atoms with Gasteiger partial charge in [0.05, 0.1) is 5.92 Å². The number of aliphatic carboxylic acids is 1. The van der Waals surface area contributed by atoms with Crippen molar-refractivity contribution in [2.75, 3.05) is 0 Å². The summed E-state index contributed by atoms with van der Waals surface area (Å²) in [5, 5.41) is 9.64. The number of benzene rings is 1. The molecule has 98 valence electrons. The minimum Gasteiger partial charge on any atom is -0.481 e. The van der Waals surface area contributed by atoms with Crippen molar-refractivity contribution < 1.29 is 14.3 Å². The zero-order valence-electron chi connectivity index (χ0n) is 10.0. The SMILES string of the molecule is O=C(O)C(c1ccc(F)cc1Cl)C1CCCCC1. The van der Waals surface area contributed by atoms with E-state index in [-0.39, 0.29) is 10.9 Å². The lowest BCUT2D eigenvalue weighted by atomic mass is 9.77. The Labute approximate surface area is 111 Å². The number of carbonyl (C=O) groups is 1. The van der Waals surface area contributed by atoms with Crippen molar-refractivity contribution in [3.63, 3.8) is 0 Å². The normalized spacial score (nSPS) is 18.6. The minimum absolute atomic E-state index is 0.110. The third-order valence-electron chi connectivity index (χ3n) is 3.68. The lowest BCUT2D eigenvalue weighted by Crippen LogP contribution is -2.24. The van der Waals surface area contributed by atoms with E-state index in [1.54, 1.807) is 0 Å². The lowest BCUT2D eigenvalue weighted by molar-refractivity contribution is -0.140. The molecule has 0 heterocycles. The summed E-state index contributed by atoms with van der Waals surface area (Å²) < 4.78 is 13.0. The highest BCUT2D eigenvalue weighted by atomic mass is 35.5. The summed E-state index contributed by atoms with van der Waals surface area (Å²) in [4.78, 5) is 11.5. The first kappa shape index (κ1) is 13.3. The van der Waals surface area contributed by atoms with E-state index in [1.807, 2.05) is 0 Å². The van der Waals surface area contributed by atoms with Gasteiger partial charge in [-0.05, 0) is 36.5 Å². The molecule has 18 heavy (non-hydrogen) atoms. The Morgan fingerprint density at radius 2 is 2.00 bits per heavy atom. The molecule has 1 N–H and O–H groups in total. The molecule has 2 nitrogen and oxygen atoms in total. The highest BCUT2D eigenvalue weighted by molar-refractivity contribution is 6.31. The van der Waals surface area contributed by atoms with Crippen LogP contribution in [0.4, 0.5) is 4.39 Å². The van der Waals surface area contributed by atoms with Crippen LogP contribution in [-0.4, -0.2) is 11.1 Å². The zero-order valence-corrected chi connectivity index (χ0v) is 10.8. The summed E-state index contributed by atoms with van der Waals surface area (Å²) in [5.74, 6) is -1.80. The Bertz CT molecular complexity index is 441. The van der Waals surface area contributed by atoms with Crippen molar-refractivity contribution in [1.82, 2.24) is 0 Å². The minimum atomic E-state index is -0.865. The molecule has 1 aliphatic rings. The fraction of sp³-hybridized carbons (Fsp3) is 0.500. The molecule has 0 spiro atoms. The predicted octanol–water partition coefficient (Wildman–Crippen LogP) is 4.23. The molecule has 1 aliphatic carbocycles. The summed E-state index contributed by atoms with van der Waals surface area (Å²) >= 11 is 5.98. The van der Waals surface area contributed by atoms with E-state index in [2.05, 4.69) is 0 Å². The van der Waals surface area contributed by atoms with Gasteiger partial charge in [-0.2, -0.15) is 0 Å². The summed E-state index contributed by atoms with van der Waals surface area (Å²) in [5.41, 5.74) is 0.539. The number of hydrogen-bond donors (Lipinski definition) is 1. The van der Waals surface area contributed by atoms with Crippen LogP contribution in [0.15, 0.2) is 18.2 Å². The maximum Gasteiger partial charge on any atom is 0.311 e. The van der Waals surface area contributed by atoms with E-state index in [0.717, 1.165) is 25.7 Å². The maximum absolute atomic E-state index is 13.0.